The minimum absolute atomic E-state index is 0.0778. The van der Waals surface area contributed by atoms with Crippen LogP contribution in [0.4, 0.5) is 26.3 Å². The van der Waals surface area contributed by atoms with Crippen molar-refractivity contribution in [1.82, 2.24) is 0 Å². The van der Waals surface area contributed by atoms with Gasteiger partial charge >= 0.3 is 11.7 Å². The number of thioether (sulfide) groups is 1. The molecule has 0 saturated carbocycles. The highest BCUT2D eigenvalue weighted by atomic mass is 32.2. The SMILES string of the molecule is N[C@H](CCC(F)(F)F)c1ccccc1SC(F)(F)F. The van der Waals surface area contributed by atoms with Gasteiger partial charge in [-0.25, -0.2) is 0 Å². The molecule has 0 bridgehead atoms. The van der Waals surface area contributed by atoms with Crippen molar-refractivity contribution in [2.24, 2.45) is 5.73 Å². The molecule has 0 aliphatic heterocycles. The van der Waals surface area contributed by atoms with E-state index in [1.165, 1.54) is 24.3 Å². The van der Waals surface area contributed by atoms with E-state index >= 15 is 0 Å². The van der Waals surface area contributed by atoms with Crippen molar-refractivity contribution in [2.45, 2.75) is 35.5 Å². The highest BCUT2D eigenvalue weighted by molar-refractivity contribution is 8.00. The topological polar surface area (TPSA) is 26.0 Å². The van der Waals surface area contributed by atoms with Crippen LogP contribution in [0.5, 0.6) is 0 Å². The molecule has 0 aliphatic carbocycles. The average Bonchev–Trinajstić information content (AvgIpc) is 2.23. The third-order valence-corrected chi connectivity index (χ3v) is 3.11. The second kappa shape index (κ2) is 6.04. The summed E-state index contributed by atoms with van der Waals surface area (Å²) < 4.78 is 73.1. The van der Waals surface area contributed by atoms with Crippen molar-refractivity contribution < 1.29 is 26.3 Å². The molecule has 2 N–H and O–H groups in total. The average molecular weight is 303 g/mol. The zero-order valence-corrected chi connectivity index (χ0v) is 10.4. The summed E-state index contributed by atoms with van der Waals surface area (Å²) in [5.41, 5.74) is 1.12. The number of nitrogens with two attached hydrogens (primary N) is 1. The van der Waals surface area contributed by atoms with Gasteiger partial charge in [-0.3, -0.25) is 0 Å². The second-order valence-corrected chi connectivity index (χ2v) is 4.95. The molecule has 0 amide bonds. The maximum absolute atomic E-state index is 12.3. The number of hydrogen-bond donors (Lipinski definition) is 1. The molecule has 0 saturated heterocycles. The van der Waals surface area contributed by atoms with Crippen LogP contribution >= 0.6 is 11.8 Å². The van der Waals surface area contributed by atoms with Crippen molar-refractivity contribution in [3.8, 4) is 0 Å². The van der Waals surface area contributed by atoms with Crippen LogP contribution in [0.3, 0.4) is 0 Å². The summed E-state index contributed by atoms with van der Waals surface area (Å²) in [5, 5.41) is 0. The van der Waals surface area contributed by atoms with Gasteiger partial charge in [-0.05, 0) is 29.8 Å². The molecular weight excluding hydrogens is 292 g/mol. The van der Waals surface area contributed by atoms with Crippen LogP contribution in [0.25, 0.3) is 0 Å². The number of hydrogen-bond acceptors (Lipinski definition) is 2. The highest BCUT2D eigenvalue weighted by Crippen LogP contribution is 2.40. The van der Waals surface area contributed by atoms with E-state index in [4.69, 9.17) is 5.73 Å². The second-order valence-electron chi connectivity index (χ2n) is 3.85. The van der Waals surface area contributed by atoms with E-state index in [2.05, 4.69) is 0 Å². The third-order valence-electron chi connectivity index (χ3n) is 2.28. The predicted molar refractivity (Wildman–Crippen MR) is 60.6 cm³/mol. The molecule has 0 radical (unpaired) electrons. The molecule has 1 aromatic carbocycles. The molecular formula is C11H11F6NS. The Labute approximate surface area is 110 Å². The first-order valence-electron chi connectivity index (χ1n) is 5.25. The molecule has 1 aromatic rings. The predicted octanol–water partition coefficient (Wildman–Crippen LogP) is 4.64. The Kier molecular flexibility index (Phi) is 5.14. The number of halogens is 6. The summed E-state index contributed by atoms with van der Waals surface area (Å²) in [6, 6.07) is 4.26. The zero-order valence-electron chi connectivity index (χ0n) is 9.55. The molecule has 1 atom stereocenters. The number of alkyl halides is 6. The van der Waals surface area contributed by atoms with Crippen molar-refractivity contribution >= 4 is 11.8 Å². The number of rotatable bonds is 4. The van der Waals surface area contributed by atoms with Crippen molar-refractivity contribution in [1.29, 1.82) is 0 Å². The lowest BCUT2D eigenvalue weighted by molar-refractivity contribution is -0.136. The standard InChI is InChI=1S/C11H11F6NS/c12-10(13,14)6-5-8(18)7-3-1-2-4-9(7)19-11(15,16)17/h1-4,8H,5-6,18H2/t8-/m1/s1. The van der Waals surface area contributed by atoms with Gasteiger partial charge in [0.1, 0.15) is 0 Å². The van der Waals surface area contributed by atoms with Gasteiger partial charge in [0, 0.05) is 17.4 Å². The van der Waals surface area contributed by atoms with Crippen molar-refractivity contribution in [2.75, 3.05) is 0 Å². The smallest absolute Gasteiger partial charge is 0.324 e. The van der Waals surface area contributed by atoms with Crippen LogP contribution in [0.2, 0.25) is 0 Å². The van der Waals surface area contributed by atoms with E-state index in [9.17, 15) is 26.3 Å². The first kappa shape index (κ1) is 16.2. The van der Waals surface area contributed by atoms with E-state index in [0.29, 0.717) is 0 Å². The van der Waals surface area contributed by atoms with Crippen LogP contribution in [0, 0.1) is 0 Å². The summed E-state index contributed by atoms with van der Waals surface area (Å²) in [7, 11) is 0. The van der Waals surface area contributed by atoms with Gasteiger partial charge in [-0.15, -0.1) is 0 Å². The lowest BCUT2D eigenvalue weighted by atomic mass is 10.0. The van der Waals surface area contributed by atoms with Crippen LogP contribution in [0.15, 0.2) is 29.2 Å². The lowest BCUT2D eigenvalue weighted by Crippen LogP contribution is -2.17. The van der Waals surface area contributed by atoms with E-state index in [1.807, 2.05) is 0 Å². The van der Waals surface area contributed by atoms with Crippen molar-refractivity contribution in [3.05, 3.63) is 29.8 Å². The third kappa shape index (κ3) is 6.20. The zero-order chi connectivity index (χ0) is 14.7. The van der Waals surface area contributed by atoms with Crippen LogP contribution in [-0.4, -0.2) is 11.7 Å². The molecule has 0 spiro atoms. The van der Waals surface area contributed by atoms with E-state index in [0.717, 1.165) is 0 Å². The molecule has 0 aliphatic rings. The number of benzene rings is 1. The first-order valence-corrected chi connectivity index (χ1v) is 6.07. The molecule has 0 fully saturated rings. The van der Waals surface area contributed by atoms with Gasteiger partial charge in [0.2, 0.25) is 0 Å². The van der Waals surface area contributed by atoms with E-state index in [1.54, 1.807) is 0 Å². The Bertz CT molecular complexity index is 414. The normalized spacial score (nSPS) is 14.5. The van der Waals surface area contributed by atoms with Gasteiger partial charge in [0.05, 0.1) is 0 Å². The summed E-state index contributed by atoms with van der Waals surface area (Å²) in [6.07, 6.45) is -5.94. The summed E-state index contributed by atoms with van der Waals surface area (Å²) in [4.78, 5) is -0.162. The summed E-state index contributed by atoms with van der Waals surface area (Å²) in [5.74, 6) is 0. The summed E-state index contributed by atoms with van der Waals surface area (Å²) in [6.45, 7) is 0. The monoisotopic (exact) mass is 303 g/mol. The van der Waals surface area contributed by atoms with Gasteiger partial charge < -0.3 is 5.73 Å². The first-order chi connectivity index (χ1) is 8.58. The maximum Gasteiger partial charge on any atom is 0.446 e. The Morgan fingerprint density at radius 2 is 1.63 bits per heavy atom. The molecule has 0 aromatic heterocycles. The Morgan fingerprint density at radius 3 is 2.16 bits per heavy atom. The largest absolute Gasteiger partial charge is 0.446 e. The molecule has 1 rings (SSSR count). The fourth-order valence-electron chi connectivity index (χ4n) is 1.48. The van der Waals surface area contributed by atoms with Gasteiger partial charge in [0.25, 0.3) is 0 Å². The molecule has 1 nitrogen and oxygen atoms in total. The highest BCUT2D eigenvalue weighted by Gasteiger charge is 2.32. The van der Waals surface area contributed by atoms with Crippen molar-refractivity contribution in [3.63, 3.8) is 0 Å². The van der Waals surface area contributed by atoms with Gasteiger partial charge in [-0.2, -0.15) is 26.3 Å². The van der Waals surface area contributed by atoms with Gasteiger partial charge in [-0.1, -0.05) is 18.2 Å². The Hall–Kier alpha value is -0.890. The van der Waals surface area contributed by atoms with Crippen LogP contribution < -0.4 is 5.73 Å². The minimum Gasteiger partial charge on any atom is -0.324 e. The molecule has 0 heterocycles. The quantitative estimate of drug-likeness (QED) is 0.647. The summed E-state index contributed by atoms with van der Waals surface area (Å²) >= 11 is -0.372. The van der Waals surface area contributed by atoms with Gasteiger partial charge in [0.15, 0.2) is 0 Å². The fourth-order valence-corrected chi connectivity index (χ4v) is 2.21. The molecule has 108 valence electrons. The maximum atomic E-state index is 12.3. The molecule has 0 unspecified atom stereocenters. The Balaban J connectivity index is 2.82. The minimum atomic E-state index is -4.50. The molecule has 8 heteroatoms. The van der Waals surface area contributed by atoms with E-state index in [-0.39, 0.29) is 22.2 Å². The Morgan fingerprint density at radius 1 is 1.05 bits per heavy atom. The molecule has 19 heavy (non-hydrogen) atoms. The van der Waals surface area contributed by atoms with Crippen LogP contribution in [0.1, 0.15) is 24.4 Å². The van der Waals surface area contributed by atoms with Crippen LogP contribution in [-0.2, 0) is 0 Å². The fraction of sp³-hybridized carbons (Fsp3) is 0.455. The lowest BCUT2D eigenvalue weighted by Gasteiger charge is -2.17. The van der Waals surface area contributed by atoms with E-state index < -0.39 is 30.6 Å².